The number of rotatable bonds is 1. The molecule has 0 fully saturated rings. The van der Waals surface area contributed by atoms with Crippen LogP contribution in [0.3, 0.4) is 0 Å². The highest BCUT2D eigenvalue weighted by Gasteiger charge is 2.03. The van der Waals surface area contributed by atoms with Gasteiger partial charge in [-0.15, -0.1) is 0 Å². The van der Waals surface area contributed by atoms with Crippen LogP contribution in [-0.4, -0.2) is 30.7 Å². The summed E-state index contributed by atoms with van der Waals surface area (Å²) in [5.74, 6) is 0. The van der Waals surface area contributed by atoms with Crippen LogP contribution in [0.25, 0.3) is 0 Å². The van der Waals surface area contributed by atoms with Crippen molar-refractivity contribution in [2.75, 3.05) is 6.26 Å². The smallest absolute Gasteiger partial charge is 0.280 e. The van der Waals surface area contributed by atoms with E-state index in [2.05, 4.69) is 31.8 Å². The molecule has 1 radical (unpaired) electrons. The molecule has 0 aliphatic rings. The molecule has 1 rings (SSSR count). The third-order valence-corrected chi connectivity index (χ3v) is 2.24. The second-order valence-corrected chi connectivity index (χ2v) is 12.2. The molecule has 0 spiro atoms. The molecule has 0 heterocycles. The van der Waals surface area contributed by atoms with Crippen molar-refractivity contribution in [3.8, 4) is 0 Å². The Kier molecular flexibility index (Phi) is 7.72. The van der Waals surface area contributed by atoms with Crippen molar-refractivity contribution < 1.29 is 8.42 Å². The average molecular weight is 339 g/mol. The average Bonchev–Trinajstić information content (AvgIpc) is 2.06. The molecule has 0 bridgehead atoms. The summed E-state index contributed by atoms with van der Waals surface area (Å²) in [6, 6.07) is 8.95. The number of halogens is 2. The van der Waals surface area contributed by atoms with Gasteiger partial charge in [-0.25, -0.2) is 8.42 Å². The van der Waals surface area contributed by atoms with Gasteiger partial charge in [0.15, 0.2) is 9.84 Å². The highest BCUT2D eigenvalue weighted by Crippen LogP contribution is 2.05. The summed E-state index contributed by atoms with van der Waals surface area (Å²) in [6.07, 6.45) is 1.18. The van der Waals surface area contributed by atoms with Crippen molar-refractivity contribution in [3.63, 3.8) is 0 Å². The van der Waals surface area contributed by atoms with E-state index in [1.807, 2.05) is 0 Å². The van der Waals surface area contributed by atoms with E-state index in [1.54, 1.807) is 12.1 Å². The summed E-state index contributed by atoms with van der Waals surface area (Å²) in [7, 11) is -3.02. The molecule has 0 N–H and O–H groups in total. The van der Waals surface area contributed by atoms with Gasteiger partial charge in [-0.2, -0.15) is 0 Å². The maximum absolute atomic E-state index is 10.8. The minimum Gasteiger partial charge on any atom is -0.280 e. The van der Waals surface area contributed by atoms with Gasteiger partial charge in [0.2, 0.25) is 0 Å². The van der Waals surface area contributed by atoms with E-state index in [1.165, 1.54) is 18.4 Å². The van der Waals surface area contributed by atoms with Crippen molar-refractivity contribution in [2.45, 2.75) is 4.90 Å². The fourth-order valence-electron chi connectivity index (χ4n) is 0.619. The first-order chi connectivity index (χ1) is 6.02. The maximum atomic E-state index is 10.8. The Morgan fingerprint density at radius 2 is 1.69 bits per heavy atom. The second kappa shape index (κ2) is 7.22. The monoisotopic (exact) mass is 337 g/mol. The Labute approximate surface area is 100 Å². The minimum atomic E-state index is -3.02. The van der Waals surface area contributed by atoms with Crippen LogP contribution < -0.4 is 0 Å². The Hall–Kier alpha value is 0.896. The third kappa shape index (κ3) is 6.90. The van der Waals surface area contributed by atoms with Gasteiger partial charge >= 0.3 is 16.0 Å². The van der Waals surface area contributed by atoms with E-state index in [0.29, 0.717) is 4.90 Å². The molecule has 0 aromatic heterocycles. The van der Waals surface area contributed by atoms with Crippen molar-refractivity contribution in [3.05, 3.63) is 30.3 Å². The van der Waals surface area contributed by atoms with Crippen LogP contribution in [-0.2, 0) is 9.84 Å². The van der Waals surface area contributed by atoms with E-state index < -0.39 is 9.84 Å². The van der Waals surface area contributed by atoms with E-state index in [4.69, 9.17) is 0 Å². The Morgan fingerprint density at radius 1 is 1.31 bits per heavy atom. The molecule has 0 aliphatic heterocycles. The summed E-state index contributed by atoms with van der Waals surface area (Å²) in [5, 5.41) is 0. The number of hydrogen-bond donors (Lipinski definition) is 0. The van der Waals surface area contributed by atoms with Crippen molar-refractivity contribution in [2.24, 2.45) is 0 Å². The van der Waals surface area contributed by atoms with Crippen molar-refractivity contribution in [1.29, 1.82) is 0 Å². The van der Waals surface area contributed by atoms with Gasteiger partial charge < -0.3 is 0 Å². The standard InChI is InChI=1S/C7H7O2S.2BrH.Mg/c1-10(8,9)7-5-3-2-4-6-7;;;/h3-6H,1H3;2*1H;/q;;;+2/p-2. The molecule has 0 atom stereocenters. The lowest BCUT2D eigenvalue weighted by molar-refractivity contribution is 0.602. The predicted molar refractivity (Wildman–Crippen MR) is 62.0 cm³/mol. The largest absolute Gasteiger partial charge is 0.560 e. The van der Waals surface area contributed by atoms with Gasteiger partial charge in [0.25, 0.3) is 0 Å². The van der Waals surface area contributed by atoms with Crippen molar-refractivity contribution in [1.82, 2.24) is 0 Å². The van der Waals surface area contributed by atoms with Gasteiger partial charge in [0, 0.05) is 6.26 Å². The molecule has 0 aliphatic carbocycles. The molecule has 0 amide bonds. The normalized spacial score (nSPS) is 9.46. The van der Waals surface area contributed by atoms with Crippen LogP contribution >= 0.6 is 25.8 Å². The SMILES string of the molecule is CS(=O)(=O)c1cc[c]cc1.[Br][Mg][Br]. The lowest BCUT2D eigenvalue weighted by Gasteiger charge is -1.93. The fourth-order valence-corrected chi connectivity index (χ4v) is 1.25. The highest BCUT2D eigenvalue weighted by molar-refractivity contribution is 9.47. The van der Waals surface area contributed by atoms with E-state index in [9.17, 15) is 8.42 Å². The van der Waals surface area contributed by atoms with Gasteiger partial charge in [-0.05, 0) is 18.2 Å². The Bertz CT molecular complexity index is 326. The highest BCUT2D eigenvalue weighted by atomic mass is 79.9. The zero-order valence-corrected chi connectivity index (χ0v) is 12.4. The van der Waals surface area contributed by atoms with E-state index in [-0.39, 0.29) is 16.0 Å². The molecule has 13 heavy (non-hydrogen) atoms. The minimum absolute atomic E-state index is 0.0417. The second-order valence-electron chi connectivity index (χ2n) is 2.11. The van der Waals surface area contributed by atoms with Gasteiger partial charge in [0.1, 0.15) is 0 Å². The molecule has 69 valence electrons. The summed E-state index contributed by atoms with van der Waals surface area (Å²) in [5.41, 5.74) is 0. The van der Waals surface area contributed by atoms with E-state index >= 15 is 0 Å². The van der Waals surface area contributed by atoms with Crippen LogP contribution in [0.2, 0.25) is 0 Å². The van der Waals surface area contributed by atoms with Crippen LogP contribution in [0.5, 0.6) is 0 Å². The number of hydrogen-bond acceptors (Lipinski definition) is 2. The van der Waals surface area contributed by atoms with Crippen LogP contribution in [0.1, 0.15) is 0 Å². The van der Waals surface area contributed by atoms with Gasteiger partial charge in [0.05, 0.1) is 4.90 Å². The zero-order chi connectivity index (χ0) is 10.3. The summed E-state index contributed by atoms with van der Waals surface area (Å²) in [6.45, 7) is 0. The molecule has 2 nitrogen and oxygen atoms in total. The van der Waals surface area contributed by atoms with Gasteiger partial charge in [-0.3, -0.25) is 25.8 Å². The summed E-state index contributed by atoms with van der Waals surface area (Å²) in [4.78, 5) is 0.339. The fraction of sp³-hybridized carbons (Fsp3) is 0.143. The zero-order valence-electron chi connectivity index (χ0n) is 7.00. The lowest BCUT2D eigenvalue weighted by Crippen LogP contribution is -1.95. The quantitative estimate of drug-likeness (QED) is 0.735. The van der Waals surface area contributed by atoms with Crippen molar-refractivity contribution >= 4 is 51.6 Å². The molecular weight excluding hydrogens is 332 g/mol. The number of benzene rings is 1. The van der Waals surface area contributed by atoms with Crippen LogP contribution in [0.4, 0.5) is 0 Å². The molecule has 1 aromatic rings. The maximum Gasteiger partial charge on any atom is 0.560 e. The topological polar surface area (TPSA) is 34.1 Å². The van der Waals surface area contributed by atoms with E-state index in [0.717, 1.165) is 0 Å². The van der Waals surface area contributed by atoms with Crippen LogP contribution in [0.15, 0.2) is 29.2 Å². The lowest BCUT2D eigenvalue weighted by atomic mass is 10.4. The molecule has 0 unspecified atom stereocenters. The number of sulfone groups is 1. The first-order valence-electron chi connectivity index (χ1n) is 3.30. The molecule has 6 heteroatoms. The molecule has 1 aromatic carbocycles. The first kappa shape index (κ1) is 13.9. The third-order valence-electron chi connectivity index (χ3n) is 1.12. The first-order valence-corrected chi connectivity index (χ1v) is 13.0. The molecule has 0 saturated carbocycles. The molecule has 0 saturated heterocycles. The van der Waals surface area contributed by atoms with Gasteiger partial charge in [-0.1, -0.05) is 12.1 Å². The Balaban J connectivity index is 0.000000424. The predicted octanol–water partition coefficient (Wildman–Crippen LogP) is 2.20. The summed E-state index contributed by atoms with van der Waals surface area (Å²) < 4.78 is 21.6. The van der Waals surface area contributed by atoms with Crippen LogP contribution in [0, 0.1) is 6.07 Å². The Morgan fingerprint density at radius 3 is 1.92 bits per heavy atom. The molecular formula is C7H7Br2MgO2S. The summed E-state index contributed by atoms with van der Waals surface area (Å²) >= 11 is 6.44.